The van der Waals surface area contributed by atoms with Gasteiger partial charge in [-0.3, -0.25) is 0 Å². The third kappa shape index (κ3) is 3.64. The molecule has 0 aliphatic heterocycles. The Morgan fingerprint density at radius 1 is 0.850 bits per heavy atom. The van der Waals surface area contributed by atoms with Gasteiger partial charge in [0.1, 0.15) is 11.6 Å². The molecule has 0 fully saturated rings. The molecule has 0 aromatic heterocycles. The largest absolute Gasteiger partial charge is 0.304 e. The molecule has 0 spiro atoms. The Balaban J connectivity index is 2.12. The number of halogens is 2. The summed E-state index contributed by atoms with van der Waals surface area (Å²) in [5, 5.41) is 3.36. The Morgan fingerprint density at radius 3 is 2.05 bits per heavy atom. The summed E-state index contributed by atoms with van der Waals surface area (Å²) in [7, 11) is 0. The molecule has 20 heavy (non-hydrogen) atoms. The van der Waals surface area contributed by atoms with Crippen LogP contribution in [0.15, 0.2) is 42.5 Å². The quantitative estimate of drug-likeness (QED) is 0.854. The smallest absolute Gasteiger partial charge is 0.126 e. The minimum atomic E-state index is -0.545. The number of rotatable bonds is 4. The van der Waals surface area contributed by atoms with E-state index in [1.807, 2.05) is 39.0 Å². The predicted molar refractivity (Wildman–Crippen MR) is 77.5 cm³/mol. The lowest BCUT2D eigenvalue weighted by Gasteiger charge is -2.21. The second kappa shape index (κ2) is 6.14. The lowest BCUT2D eigenvalue weighted by atomic mass is 10.0. The van der Waals surface area contributed by atoms with E-state index in [0.717, 1.165) is 11.6 Å². The third-order valence-electron chi connectivity index (χ3n) is 3.43. The lowest BCUT2D eigenvalue weighted by molar-refractivity contribution is 0.487. The normalized spacial score (nSPS) is 14.1. The van der Waals surface area contributed by atoms with E-state index in [4.69, 9.17) is 0 Å². The van der Waals surface area contributed by atoms with Crippen LogP contribution in [0.2, 0.25) is 0 Å². The van der Waals surface area contributed by atoms with Crippen LogP contribution in [0.1, 0.15) is 42.6 Å². The summed E-state index contributed by atoms with van der Waals surface area (Å²) in [4.78, 5) is 0. The highest BCUT2D eigenvalue weighted by Crippen LogP contribution is 2.21. The van der Waals surface area contributed by atoms with Crippen LogP contribution in [-0.4, -0.2) is 0 Å². The fraction of sp³-hybridized carbons (Fsp3) is 0.294. The molecule has 1 unspecified atom stereocenters. The summed E-state index contributed by atoms with van der Waals surface area (Å²) in [5.74, 6) is -1.09. The van der Waals surface area contributed by atoms with Gasteiger partial charge < -0.3 is 5.32 Å². The van der Waals surface area contributed by atoms with Crippen LogP contribution in [0.5, 0.6) is 0 Å². The predicted octanol–water partition coefficient (Wildman–Crippen LogP) is 4.69. The van der Waals surface area contributed by atoms with E-state index in [9.17, 15) is 8.78 Å². The van der Waals surface area contributed by atoms with Gasteiger partial charge in [0, 0.05) is 18.2 Å². The van der Waals surface area contributed by atoms with Gasteiger partial charge in [-0.05, 0) is 44.0 Å². The first kappa shape index (κ1) is 14.7. The van der Waals surface area contributed by atoms with E-state index in [2.05, 4.69) is 11.4 Å². The zero-order chi connectivity index (χ0) is 14.7. The fourth-order valence-electron chi connectivity index (χ4n) is 2.33. The van der Waals surface area contributed by atoms with Gasteiger partial charge in [0.25, 0.3) is 0 Å². The van der Waals surface area contributed by atoms with Gasteiger partial charge in [-0.2, -0.15) is 0 Å². The van der Waals surface area contributed by atoms with Crippen molar-refractivity contribution in [1.29, 1.82) is 0 Å². The highest BCUT2D eigenvalue weighted by molar-refractivity contribution is 5.26. The second-order valence-corrected chi connectivity index (χ2v) is 5.23. The van der Waals surface area contributed by atoms with Crippen molar-refractivity contribution in [2.24, 2.45) is 0 Å². The van der Waals surface area contributed by atoms with Crippen molar-refractivity contribution in [2.75, 3.05) is 0 Å². The second-order valence-electron chi connectivity index (χ2n) is 5.23. The number of benzene rings is 2. The SMILES string of the molecule is Cc1cccc([C@H](C)NC(C)c2cc(F)cc(F)c2)c1. The maximum Gasteiger partial charge on any atom is 0.126 e. The van der Waals surface area contributed by atoms with E-state index in [0.29, 0.717) is 5.56 Å². The van der Waals surface area contributed by atoms with Crippen molar-refractivity contribution in [3.63, 3.8) is 0 Å². The average molecular weight is 275 g/mol. The number of aryl methyl sites for hydroxylation is 1. The van der Waals surface area contributed by atoms with E-state index in [-0.39, 0.29) is 12.1 Å². The summed E-state index contributed by atoms with van der Waals surface area (Å²) in [6.07, 6.45) is 0. The standard InChI is InChI=1S/C17H19F2N/c1-11-5-4-6-14(7-11)12(2)20-13(3)15-8-16(18)10-17(19)9-15/h4-10,12-13,20H,1-3H3/t12-,13?/m0/s1. The average Bonchev–Trinajstić information content (AvgIpc) is 2.37. The molecule has 2 aromatic rings. The minimum absolute atomic E-state index is 0.108. The van der Waals surface area contributed by atoms with Gasteiger partial charge >= 0.3 is 0 Å². The minimum Gasteiger partial charge on any atom is -0.304 e. The van der Waals surface area contributed by atoms with Crippen LogP contribution >= 0.6 is 0 Å². The van der Waals surface area contributed by atoms with Crippen molar-refractivity contribution in [3.8, 4) is 0 Å². The van der Waals surface area contributed by atoms with E-state index in [1.54, 1.807) is 0 Å². The molecule has 0 aliphatic rings. The summed E-state index contributed by atoms with van der Waals surface area (Å²) in [6, 6.07) is 11.8. The molecule has 2 rings (SSSR count). The number of hydrogen-bond acceptors (Lipinski definition) is 1. The molecule has 0 saturated carbocycles. The maximum absolute atomic E-state index is 13.2. The zero-order valence-electron chi connectivity index (χ0n) is 12.0. The molecule has 1 nitrogen and oxygen atoms in total. The molecule has 0 amide bonds. The molecular formula is C17H19F2N. The van der Waals surface area contributed by atoms with Crippen molar-refractivity contribution in [2.45, 2.75) is 32.9 Å². The Bertz CT molecular complexity index is 575. The Kier molecular flexibility index (Phi) is 4.50. The van der Waals surface area contributed by atoms with Crippen LogP contribution in [0.4, 0.5) is 8.78 Å². The van der Waals surface area contributed by atoms with Crippen molar-refractivity contribution < 1.29 is 8.78 Å². The molecule has 1 N–H and O–H groups in total. The van der Waals surface area contributed by atoms with Crippen molar-refractivity contribution in [1.82, 2.24) is 5.32 Å². The monoisotopic (exact) mass is 275 g/mol. The van der Waals surface area contributed by atoms with E-state index in [1.165, 1.54) is 17.7 Å². The van der Waals surface area contributed by atoms with Gasteiger partial charge in [0.2, 0.25) is 0 Å². The van der Waals surface area contributed by atoms with Gasteiger partial charge in [0.05, 0.1) is 0 Å². The topological polar surface area (TPSA) is 12.0 Å². The van der Waals surface area contributed by atoms with Gasteiger partial charge in [0.15, 0.2) is 0 Å². The van der Waals surface area contributed by atoms with E-state index < -0.39 is 11.6 Å². The molecule has 0 saturated heterocycles. The molecule has 106 valence electrons. The first-order valence-corrected chi connectivity index (χ1v) is 6.74. The lowest BCUT2D eigenvalue weighted by Crippen LogP contribution is -2.22. The van der Waals surface area contributed by atoms with Gasteiger partial charge in [-0.1, -0.05) is 29.8 Å². The zero-order valence-corrected chi connectivity index (χ0v) is 12.0. The van der Waals surface area contributed by atoms with Crippen LogP contribution in [0.25, 0.3) is 0 Å². The Hall–Kier alpha value is -1.74. The summed E-state index contributed by atoms with van der Waals surface area (Å²) in [5.41, 5.74) is 2.97. The molecule has 2 atom stereocenters. The summed E-state index contributed by atoms with van der Waals surface area (Å²) in [6.45, 7) is 5.99. The Labute approximate surface area is 118 Å². The first-order chi connectivity index (χ1) is 9.45. The molecule has 0 aliphatic carbocycles. The number of nitrogens with one attached hydrogen (secondary N) is 1. The van der Waals surface area contributed by atoms with Crippen LogP contribution in [-0.2, 0) is 0 Å². The molecule has 2 aromatic carbocycles. The van der Waals surface area contributed by atoms with E-state index >= 15 is 0 Å². The van der Waals surface area contributed by atoms with Crippen LogP contribution in [0, 0.1) is 18.6 Å². The molecule has 3 heteroatoms. The molecule has 0 heterocycles. The van der Waals surface area contributed by atoms with Gasteiger partial charge in [-0.15, -0.1) is 0 Å². The van der Waals surface area contributed by atoms with Crippen molar-refractivity contribution >= 4 is 0 Å². The molecular weight excluding hydrogens is 256 g/mol. The fourth-order valence-corrected chi connectivity index (χ4v) is 2.33. The number of hydrogen-bond donors (Lipinski definition) is 1. The van der Waals surface area contributed by atoms with Crippen molar-refractivity contribution in [3.05, 3.63) is 70.8 Å². The highest BCUT2D eigenvalue weighted by Gasteiger charge is 2.13. The third-order valence-corrected chi connectivity index (χ3v) is 3.43. The highest BCUT2D eigenvalue weighted by atomic mass is 19.1. The summed E-state index contributed by atoms with van der Waals surface area (Å²) < 4.78 is 26.5. The van der Waals surface area contributed by atoms with Crippen LogP contribution in [0.3, 0.4) is 0 Å². The molecule has 0 radical (unpaired) electrons. The Morgan fingerprint density at radius 2 is 1.45 bits per heavy atom. The summed E-state index contributed by atoms with van der Waals surface area (Å²) >= 11 is 0. The van der Waals surface area contributed by atoms with Crippen LogP contribution < -0.4 is 5.32 Å². The molecule has 0 bridgehead atoms. The first-order valence-electron chi connectivity index (χ1n) is 6.74. The maximum atomic E-state index is 13.2. The van der Waals surface area contributed by atoms with Gasteiger partial charge in [-0.25, -0.2) is 8.78 Å².